The molecule has 1 aliphatic heterocycles. The Morgan fingerprint density at radius 3 is 2.41 bits per heavy atom. The van der Waals surface area contributed by atoms with E-state index in [2.05, 4.69) is 9.71 Å². The van der Waals surface area contributed by atoms with Crippen molar-refractivity contribution in [2.45, 2.75) is 38.4 Å². The van der Waals surface area contributed by atoms with Crippen LogP contribution in [0, 0.1) is 11.3 Å². The Hall–Kier alpha value is -3.98. The summed E-state index contributed by atoms with van der Waals surface area (Å²) < 4.78 is 34.9. The Bertz CT molecular complexity index is 1530. The molecule has 0 bridgehead atoms. The van der Waals surface area contributed by atoms with Gasteiger partial charge in [0, 0.05) is 30.5 Å². The highest BCUT2D eigenvalue weighted by molar-refractivity contribution is 7.93. The SMILES string of the molecule is CCOC(=O)C1(Cc2ccccc2)CCN(C(=O)c2ccc(NS(=O)(=O)C3c4ncccc4C=CC3C)cc2)CC1. The minimum absolute atomic E-state index is 0.152. The number of esters is 1. The fourth-order valence-electron chi connectivity index (χ4n) is 5.80. The number of likely N-dealkylation sites (tertiary alicyclic amines) is 1. The van der Waals surface area contributed by atoms with E-state index in [0.717, 1.165) is 11.1 Å². The third-order valence-corrected chi connectivity index (χ3v) is 9.87. The van der Waals surface area contributed by atoms with Crippen LogP contribution in [0.1, 0.15) is 59.1 Å². The van der Waals surface area contributed by atoms with Gasteiger partial charge in [-0.15, -0.1) is 0 Å². The zero-order valence-electron chi connectivity index (χ0n) is 23.3. The van der Waals surface area contributed by atoms with Crippen LogP contribution in [0.3, 0.4) is 0 Å². The van der Waals surface area contributed by atoms with Crippen molar-refractivity contribution in [1.82, 2.24) is 9.88 Å². The first kappa shape index (κ1) is 28.5. The van der Waals surface area contributed by atoms with Gasteiger partial charge in [0.15, 0.2) is 0 Å². The fourth-order valence-corrected chi connectivity index (χ4v) is 7.53. The number of carbonyl (C=O) groups is 2. The molecule has 1 amide bonds. The van der Waals surface area contributed by atoms with Crippen molar-refractivity contribution in [3.05, 3.63) is 101 Å². The average Bonchev–Trinajstić information content (AvgIpc) is 2.98. The molecule has 0 spiro atoms. The molecule has 2 atom stereocenters. The summed E-state index contributed by atoms with van der Waals surface area (Å²) in [6.45, 7) is 4.83. The lowest BCUT2D eigenvalue weighted by Gasteiger charge is -2.40. The largest absolute Gasteiger partial charge is 0.466 e. The van der Waals surface area contributed by atoms with Gasteiger partial charge in [-0.1, -0.05) is 55.5 Å². The molecule has 9 heteroatoms. The third-order valence-electron chi connectivity index (χ3n) is 8.03. The van der Waals surface area contributed by atoms with E-state index in [4.69, 9.17) is 4.74 Å². The maximum absolute atomic E-state index is 13.4. The molecule has 2 heterocycles. The van der Waals surface area contributed by atoms with E-state index in [1.165, 1.54) is 0 Å². The van der Waals surface area contributed by atoms with E-state index < -0.39 is 20.7 Å². The van der Waals surface area contributed by atoms with Crippen LogP contribution in [0.15, 0.2) is 79.0 Å². The molecule has 41 heavy (non-hydrogen) atoms. The smallest absolute Gasteiger partial charge is 0.312 e. The Morgan fingerprint density at radius 2 is 1.73 bits per heavy atom. The number of nitrogens with one attached hydrogen (secondary N) is 1. The molecule has 2 aromatic carbocycles. The van der Waals surface area contributed by atoms with Crippen LogP contribution in [0.5, 0.6) is 0 Å². The van der Waals surface area contributed by atoms with Crippen LogP contribution in [-0.4, -0.2) is 49.9 Å². The van der Waals surface area contributed by atoms with Crippen molar-refractivity contribution in [2.75, 3.05) is 24.4 Å². The van der Waals surface area contributed by atoms with Gasteiger partial charge in [-0.25, -0.2) is 8.42 Å². The number of sulfonamides is 1. The number of piperidine rings is 1. The van der Waals surface area contributed by atoms with Crippen molar-refractivity contribution in [2.24, 2.45) is 11.3 Å². The summed E-state index contributed by atoms with van der Waals surface area (Å²) in [5, 5.41) is -0.825. The van der Waals surface area contributed by atoms with E-state index in [-0.39, 0.29) is 17.8 Å². The Labute approximate surface area is 241 Å². The molecule has 0 saturated carbocycles. The molecule has 1 saturated heterocycles. The number of amides is 1. The van der Waals surface area contributed by atoms with Gasteiger partial charge in [-0.05, 0) is 73.6 Å². The van der Waals surface area contributed by atoms with Gasteiger partial charge in [0.05, 0.1) is 17.7 Å². The summed E-state index contributed by atoms with van der Waals surface area (Å²) in [4.78, 5) is 32.5. The van der Waals surface area contributed by atoms with Crippen molar-refractivity contribution in [1.29, 1.82) is 0 Å². The summed E-state index contributed by atoms with van der Waals surface area (Å²) >= 11 is 0. The number of hydrogen-bond acceptors (Lipinski definition) is 6. The first-order valence-corrected chi connectivity index (χ1v) is 15.5. The molecule has 5 rings (SSSR count). The molecule has 0 radical (unpaired) electrons. The highest BCUT2D eigenvalue weighted by Crippen LogP contribution is 2.38. The summed E-state index contributed by atoms with van der Waals surface area (Å²) in [5.41, 5.74) is 2.55. The Kier molecular flexibility index (Phi) is 8.26. The predicted molar refractivity (Wildman–Crippen MR) is 159 cm³/mol. The van der Waals surface area contributed by atoms with E-state index in [9.17, 15) is 18.0 Å². The summed E-state index contributed by atoms with van der Waals surface area (Å²) in [6.07, 6.45) is 6.97. The molecule has 1 aliphatic carbocycles. The predicted octanol–water partition coefficient (Wildman–Crippen LogP) is 5.26. The van der Waals surface area contributed by atoms with Gasteiger partial charge in [-0.3, -0.25) is 19.3 Å². The van der Waals surface area contributed by atoms with Crippen LogP contribution in [-0.2, 0) is 26.0 Å². The van der Waals surface area contributed by atoms with Gasteiger partial charge >= 0.3 is 5.97 Å². The molecule has 2 unspecified atom stereocenters. The molecule has 3 aromatic rings. The quantitative estimate of drug-likeness (QED) is 0.369. The highest BCUT2D eigenvalue weighted by atomic mass is 32.2. The van der Waals surface area contributed by atoms with Crippen LogP contribution in [0.4, 0.5) is 5.69 Å². The van der Waals surface area contributed by atoms with E-state index in [1.807, 2.05) is 55.5 Å². The third kappa shape index (κ3) is 6.05. The molecular formula is C32H35N3O5S. The van der Waals surface area contributed by atoms with Crippen LogP contribution >= 0.6 is 0 Å². The lowest BCUT2D eigenvalue weighted by Crippen LogP contribution is -2.48. The van der Waals surface area contributed by atoms with Gasteiger partial charge in [0.25, 0.3) is 5.91 Å². The number of allylic oxidation sites excluding steroid dienone is 1. The number of rotatable bonds is 8. The number of anilines is 1. The number of carbonyl (C=O) groups excluding carboxylic acids is 2. The summed E-state index contributed by atoms with van der Waals surface area (Å²) in [7, 11) is -3.81. The van der Waals surface area contributed by atoms with Crippen molar-refractivity contribution < 1.29 is 22.7 Å². The second kappa shape index (κ2) is 11.9. The van der Waals surface area contributed by atoms with E-state index in [0.29, 0.717) is 55.9 Å². The second-order valence-electron chi connectivity index (χ2n) is 10.8. The first-order chi connectivity index (χ1) is 19.7. The summed E-state index contributed by atoms with van der Waals surface area (Å²) in [5.74, 6) is -0.618. The van der Waals surface area contributed by atoms with Crippen molar-refractivity contribution in [3.63, 3.8) is 0 Å². The van der Waals surface area contributed by atoms with Gasteiger partial charge in [0.1, 0.15) is 5.25 Å². The summed E-state index contributed by atoms with van der Waals surface area (Å²) in [6, 6.07) is 20.0. The molecule has 1 N–H and O–H groups in total. The maximum Gasteiger partial charge on any atom is 0.312 e. The lowest BCUT2D eigenvalue weighted by molar-refractivity contribution is -0.158. The van der Waals surface area contributed by atoms with Crippen molar-refractivity contribution >= 4 is 33.7 Å². The minimum Gasteiger partial charge on any atom is -0.466 e. The second-order valence-corrected chi connectivity index (χ2v) is 12.6. The number of ether oxygens (including phenoxy) is 1. The van der Waals surface area contributed by atoms with Gasteiger partial charge in [0.2, 0.25) is 10.0 Å². The molecule has 1 fully saturated rings. The van der Waals surface area contributed by atoms with Gasteiger partial charge in [-0.2, -0.15) is 0 Å². The number of pyridine rings is 1. The highest BCUT2D eigenvalue weighted by Gasteiger charge is 2.43. The standard InChI is InChI=1S/C32H35N3O5S/c1-3-40-31(37)32(22-24-8-5-4-6-9-24)17-20-35(21-18-32)30(36)26-13-15-27(16-14-26)34-41(38,39)29-23(2)11-12-25-10-7-19-33-28(25)29/h4-16,19,23,29,34H,3,17-18,20-22H2,1-2H3. The van der Waals surface area contributed by atoms with Crippen LogP contribution in [0.25, 0.3) is 6.08 Å². The number of fused-ring (bicyclic) bond motifs is 1. The molecule has 214 valence electrons. The molecule has 8 nitrogen and oxygen atoms in total. The zero-order valence-corrected chi connectivity index (χ0v) is 24.1. The topological polar surface area (TPSA) is 106 Å². The number of aromatic nitrogens is 1. The normalized spacial score (nSPS) is 19.7. The van der Waals surface area contributed by atoms with Gasteiger partial charge < -0.3 is 9.64 Å². The fraction of sp³-hybridized carbons (Fsp3) is 0.344. The number of hydrogen-bond donors (Lipinski definition) is 1. The Balaban J connectivity index is 1.26. The van der Waals surface area contributed by atoms with E-state index in [1.54, 1.807) is 48.4 Å². The zero-order chi connectivity index (χ0) is 29.0. The number of benzene rings is 2. The Morgan fingerprint density at radius 1 is 1.02 bits per heavy atom. The molecule has 2 aliphatic rings. The average molecular weight is 574 g/mol. The minimum atomic E-state index is -3.81. The molecule has 1 aromatic heterocycles. The molecular weight excluding hydrogens is 538 g/mol. The maximum atomic E-state index is 13.4. The number of nitrogens with zero attached hydrogens (tertiary/aromatic N) is 2. The van der Waals surface area contributed by atoms with Crippen molar-refractivity contribution in [3.8, 4) is 0 Å². The first-order valence-electron chi connectivity index (χ1n) is 14.0. The van der Waals surface area contributed by atoms with Crippen LogP contribution in [0.2, 0.25) is 0 Å². The van der Waals surface area contributed by atoms with E-state index >= 15 is 0 Å². The lowest BCUT2D eigenvalue weighted by atomic mass is 9.73. The monoisotopic (exact) mass is 573 g/mol. The van der Waals surface area contributed by atoms with Crippen LogP contribution < -0.4 is 4.72 Å².